The van der Waals surface area contributed by atoms with Crippen molar-refractivity contribution in [2.45, 2.75) is 44.4 Å². The fraction of sp³-hybridized carbons (Fsp3) is 0.579. The molecule has 2 fully saturated rings. The van der Waals surface area contributed by atoms with E-state index in [4.69, 9.17) is 9.26 Å². The van der Waals surface area contributed by atoms with Crippen LogP contribution in [0.2, 0.25) is 0 Å². The van der Waals surface area contributed by atoms with E-state index < -0.39 is 10.0 Å². The minimum Gasteiger partial charge on any atom is -0.381 e. The molecule has 1 unspecified atom stereocenters. The Morgan fingerprint density at radius 3 is 2.56 bits per heavy atom. The molecular formula is C19H25N3O4S. The summed E-state index contributed by atoms with van der Waals surface area (Å²) in [5.41, 5.74) is 1.61. The molecule has 27 heavy (non-hydrogen) atoms. The molecule has 0 amide bonds. The van der Waals surface area contributed by atoms with Gasteiger partial charge < -0.3 is 9.26 Å². The predicted octanol–water partition coefficient (Wildman–Crippen LogP) is 2.58. The average molecular weight is 391 g/mol. The summed E-state index contributed by atoms with van der Waals surface area (Å²) in [6.07, 6.45) is 1.59. The van der Waals surface area contributed by atoms with Crippen LogP contribution >= 0.6 is 0 Å². The Labute approximate surface area is 159 Å². The van der Waals surface area contributed by atoms with Crippen molar-refractivity contribution in [1.29, 1.82) is 0 Å². The van der Waals surface area contributed by atoms with Gasteiger partial charge in [-0.2, -0.15) is 9.29 Å². The van der Waals surface area contributed by atoms with Crippen molar-refractivity contribution in [2.75, 3.05) is 26.3 Å². The van der Waals surface area contributed by atoms with E-state index in [9.17, 15) is 8.42 Å². The van der Waals surface area contributed by atoms with Crippen LogP contribution in [0.4, 0.5) is 0 Å². The van der Waals surface area contributed by atoms with Crippen LogP contribution in [-0.2, 0) is 14.8 Å². The molecule has 0 aliphatic carbocycles. The third kappa shape index (κ3) is 3.19. The number of benzene rings is 1. The summed E-state index contributed by atoms with van der Waals surface area (Å²) in [7, 11) is -3.59. The lowest BCUT2D eigenvalue weighted by Gasteiger charge is -2.36. The quantitative estimate of drug-likeness (QED) is 0.799. The summed E-state index contributed by atoms with van der Waals surface area (Å²) in [6.45, 7) is 7.66. The first-order valence-corrected chi connectivity index (χ1v) is 10.7. The highest BCUT2D eigenvalue weighted by atomic mass is 32.2. The van der Waals surface area contributed by atoms with Crippen molar-refractivity contribution in [1.82, 2.24) is 14.4 Å². The Morgan fingerprint density at radius 1 is 1.19 bits per heavy atom. The molecule has 1 aromatic heterocycles. The molecule has 7 nitrogen and oxygen atoms in total. The molecule has 1 aromatic carbocycles. The molecule has 1 atom stereocenters. The molecule has 0 saturated carbocycles. The predicted molar refractivity (Wildman–Crippen MR) is 98.9 cm³/mol. The maximum absolute atomic E-state index is 13.4. The van der Waals surface area contributed by atoms with Gasteiger partial charge in [-0.25, -0.2) is 8.42 Å². The van der Waals surface area contributed by atoms with Crippen molar-refractivity contribution in [3.05, 3.63) is 41.0 Å². The van der Waals surface area contributed by atoms with Gasteiger partial charge in [-0.1, -0.05) is 22.9 Å². The number of ether oxygens (including phenoxy) is 1. The summed E-state index contributed by atoms with van der Waals surface area (Å²) < 4.78 is 39.2. The minimum absolute atomic E-state index is 0.0839. The summed E-state index contributed by atoms with van der Waals surface area (Å²) in [6, 6.07) is 5.47. The van der Waals surface area contributed by atoms with Crippen molar-refractivity contribution >= 4 is 10.0 Å². The highest BCUT2D eigenvalue weighted by molar-refractivity contribution is 7.89. The number of aryl methyl sites for hydroxylation is 3. The Balaban J connectivity index is 1.72. The van der Waals surface area contributed by atoms with Crippen molar-refractivity contribution < 1.29 is 17.7 Å². The third-order valence-corrected chi connectivity index (χ3v) is 7.88. The normalized spacial score (nSPS) is 23.1. The zero-order valence-electron chi connectivity index (χ0n) is 15.9. The zero-order chi connectivity index (χ0) is 19.2. The van der Waals surface area contributed by atoms with E-state index in [1.807, 2.05) is 26.0 Å². The van der Waals surface area contributed by atoms with Crippen LogP contribution < -0.4 is 0 Å². The van der Waals surface area contributed by atoms with Crippen LogP contribution in [0.5, 0.6) is 0 Å². The van der Waals surface area contributed by atoms with Crippen LogP contribution in [0.3, 0.4) is 0 Å². The molecule has 2 aliphatic heterocycles. The monoisotopic (exact) mass is 391 g/mol. The van der Waals surface area contributed by atoms with E-state index in [-0.39, 0.29) is 11.3 Å². The van der Waals surface area contributed by atoms with E-state index in [0.29, 0.717) is 42.9 Å². The number of hydrogen-bond donors (Lipinski definition) is 0. The van der Waals surface area contributed by atoms with Gasteiger partial charge in [-0.05, 0) is 43.7 Å². The number of hydrogen-bond acceptors (Lipinski definition) is 6. The SMILES string of the molecule is Cc1ccc(S(=O)(=O)N2CC(c3noc(C)n3)C3(CCOCC3)C2)c(C)c1. The van der Waals surface area contributed by atoms with Gasteiger partial charge in [0.05, 0.1) is 4.90 Å². The Morgan fingerprint density at radius 2 is 1.93 bits per heavy atom. The lowest BCUT2D eigenvalue weighted by atomic mass is 9.72. The van der Waals surface area contributed by atoms with Gasteiger partial charge in [0.1, 0.15) is 0 Å². The van der Waals surface area contributed by atoms with E-state index in [2.05, 4.69) is 10.1 Å². The maximum atomic E-state index is 13.4. The van der Waals surface area contributed by atoms with E-state index in [1.54, 1.807) is 17.3 Å². The fourth-order valence-corrected chi connectivity index (χ4v) is 6.19. The Hall–Kier alpha value is -1.77. The highest BCUT2D eigenvalue weighted by Crippen LogP contribution is 2.50. The first kappa shape index (κ1) is 18.6. The Bertz CT molecular complexity index is 948. The summed E-state index contributed by atoms with van der Waals surface area (Å²) >= 11 is 0. The number of nitrogens with zero attached hydrogens (tertiary/aromatic N) is 3. The first-order chi connectivity index (χ1) is 12.8. The molecular weight excluding hydrogens is 366 g/mol. The Kier molecular flexibility index (Phi) is 4.60. The van der Waals surface area contributed by atoms with Crippen LogP contribution in [0.1, 0.15) is 41.6 Å². The average Bonchev–Trinajstić information content (AvgIpc) is 3.19. The summed E-state index contributed by atoms with van der Waals surface area (Å²) in [5, 5.41) is 4.12. The molecule has 2 aromatic rings. The van der Waals surface area contributed by atoms with Gasteiger partial charge in [0.15, 0.2) is 5.82 Å². The number of sulfonamides is 1. The van der Waals surface area contributed by atoms with E-state index in [1.165, 1.54) is 0 Å². The van der Waals surface area contributed by atoms with Gasteiger partial charge in [-0.3, -0.25) is 0 Å². The fourth-order valence-electron chi connectivity index (χ4n) is 4.43. The summed E-state index contributed by atoms with van der Waals surface area (Å²) in [5.74, 6) is 1.02. The van der Waals surface area contributed by atoms with Gasteiger partial charge in [0.2, 0.25) is 15.9 Å². The second-order valence-corrected chi connectivity index (χ2v) is 9.67. The highest BCUT2D eigenvalue weighted by Gasteiger charge is 2.53. The zero-order valence-corrected chi connectivity index (χ0v) is 16.8. The van der Waals surface area contributed by atoms with Gasteiger partial charge in [0, 0.05) is 39.1 Å². The van der Waals surface area contributed by atoms with Crippen molar-refractivity contribution in [3.63, 3.8) is 0 Å². The lowest BCUT2D eigenvalue weighted by molar-refractivity contribution is 0.0132. The van der Waals surface area contributed by atoms with Crippen LogP contribution in [0.15, 0.2) is 27.6 Å². The third-order valence-electron chi connectivity index (χ3n) is 5.91. The second-order valence-electron chi connectivity index (χ2n) is 7.77. The smallest absolute Gasteiger partial charge is 0.243 e. The van der Waals surface area contributed by atoms with Crippen LogP contribution in [0.25, 0.3) is 0 Å². The molecule has 146 valence electrons. The molecule has 1 spiro atoms. The van der Waals surface area contributed by atoms with Crippen molar-refractivity contribution in [3.8, 4) is 0 Å². The molecule has 2 saturated heterocycles. The standard InChI is InChI=1S/C19H25N3O4S/c1-13-4-5-17(14(2)10-13)27(23,24)22-11-16(18-20-15(3)26-21-18)19(12-22)6-8-25-9-7-19/h4-5,10,16H,6-9,11-12H2,1-3H3. The number of aromatic nitrogens is 2. The van der Waals surface area contributed by atoms with Crippen molar-refractivity contribution in [2.24, 2.45) is 5.41 Å². The first-order valence-electron chi connectivity index (χ1n) is 9.27. The molecule has 4 rings (SSSR count). The topological polar surface area (TPSA) is 85.5 Å². The molecule has 0 bridgehead atoms. The summed E-state index contributed by atoms with van der Waals surface area (Å²) in [4.78, 5) is 4.80. The lowest BCUT2D eigenvalue weighted by Crippen LogP contribution is -2.37. The second kappa shape index (κ2) is 6.68. The molecule has 3 heterocycles. The van der Waals surface area contributed by atoms with Gasteiger partial charge >= 0.3 is 0 Å². The molecule has 2 aliphatic rings. The molecule has 0 N–H and O–H groups in total. The largest absolute Gasteiger partial charge is 0.381 e. The van der Waals surface area contributed by atoms with Crippen LogP contribution in [-0.4, -0.2) is 49.2 Å². The number of rotatable bonds is 3. The van der Waals surface area contributed by atoms with Gasteiger partial charge in [-0.15, -0.1) is 0 Å². The van der Waals surface area contributed by atoms with E-state index in [0.717, 1.165) is 24.0 Å². The van der Waals surface area contributed by atoms with Gasteiger partial charge in [0.25, 0.3) is 0 Å². The molecule has 8 heteroatoms. The van der Waals surface area contributed by atoms with Crippen LogP contribution in [0, 0.1) is 26.2 Å². The maximum Gasteiger partial charge on any atom is 0.243 e. The molecule has 0 radical (unpaired) electrons. The minimum atomic E-state index is -3.59. The van der Waals surface area contributed by atoms with E-state index >= 15 is 0 Å².